The second kappa shape index (κ2) is 7.32. The fraction of sp³-hybridized carbons (Fsp3) is 0.500. The van der Waals surface area contributed by atoms with Crippen molar-refractivity contribution in [3.8, 4) is 5.75 Å². The molecule has 4 rings (SSSR count). The summed E-state index contributed by atoms with van der Waals surface area (Å²) in [6.07, 6.45) is 2.28. The predicted molar refractivity (Wildman–Crippen MR) is 95.8 cm³/mol. The molecule has 2 N–H and O–H groups in total. The number of hydrogen-bond acceptors (Lipinski definition) is 6. The molecule has 1 aromatic carbocycles. The van der Waals surface area contributed by atoms with E-state index in [2.05, 4.69) is 15.5 Å². The standard InChI is InChI=1S/C16H20N4O4S/c1-24-14-3-2-11(8-13(14)20(22)23)15(21)18-16(25)17-12-9-19-6-4-10(12)5-7-19/h2-3,8,10,12H,4-7,9H2,1H3,(H2,17,18,21,25). The van der Waals surface area contributed by atoms with Gasteiger partial charge in [0.05, 0.1) is 12.0 Å². The largest absolute Gasteiger partial charge is 0.490 e. The molecule has 3 aliphatic heterocycles. The molecule has 3 heterocycles. The first kappa shape index (κ1) is 17.6. The van der Waals surface area contributed by atoms with Gasteiger partial charge >= 0.3 is 5.69 Å². The predicted octanol–water partition coefficient (Wildman–Crippen LogP) is 1.30. The molecule has 134 valence electrons. The average Bonchev–Trinajstić information content (AvgIpc) is 2.61. The SMILES string of the molecule is COc1ccc(C(=O)NC(=S)NC2CN3CCC2CC3)cc1[N+](=O)[O-]. The summed E-state index contributed by atoms with van der Waals surface area (Å²) in [6, 6.07) is 4.29. The van der Waals surface area contributed by atoms with Crippen molar-refractivity contribution >= 4 is 28.9 Å². The van der Waals surface area contributed by atoms with E-state index >= 15 is 0 Å². The van der Waals surface area contributed by atoms with Gasteiger partial charge in [-0.25, -0.2) is 0 Å². The number of hydrogen-bond donors (Lipinski definition) is 2. The van der Waals surface area contributed by atoms with Crippen LogP contribution in [-0.4, -0.2) is 53.6 Å². The fourth-order valence-corrected chi connectivity index (χ4v) is 3.73. The number of nitrogens with zero attached hydrogens (tertiary/aromatic N) is 2. The van der Waals surface area contributed by atoms with E-state index in [1.54, 1.807) is 0 Å². The second-order valence-corrected chi connectivity index (χ2v) is 6.72. The summed E-state index contributed by atoms with van der Waals surface area (Å²) < 4.78 is 4.94. The molecular formula is C16H20N4O4S. The molecule has 1 amide bonds. The van der Waals surface area contributed by atoms with E-state index in [1.165, 1.54) is 25.3 Å². The molecule has 1 unspecified atom stereocenters. The minimum Gasteiger partial charge on any atom is -0.490 e. The summed E-state index contributed by atoms with van der Waals surface area (Å²) in [4.78, 5) is 25.2. The van der Waals surface area contributed by atoms with E-state index in [0.717, 1.165) is 32.5 Å². The number of amides is 1. The number of carbonyl (C=O) groups excluding carboxylic acids is 1. The molecule has 0 aliphatic carbocycles. The Hall–Kier alpha value is -2.26. The van der Waals surface area contributed by atoms with Crippen LogP contribution >= 0.6 is 12.2 Å². The zero-order valence-corrected chi connectivity index (χ0v) is 14.7. The van der Waals surface area contributed by atoms with E-state index in [1.807, 2.05) is 0 Å². The fourth-order valence-electron chi connectivity index (χ4n) is 3.48. The minimum atomic E-state index is -0.584. The summed E-state index contributed by atoms with van der Waals surface area (Å²) >= 11 is 5.24. The summed E-state index contributed by atoms with van der Waals surface area (Å²) in [5.41, 5.74) is -0.100. The number of nitro benzene ring substituents is 1. The Bertz CT molecular complexity index is 703. The highest BCUT2D eigenvalue weighted by molar-refractivity contribution is 7.80. The van der Waals surface area contributed by atoms with Gasteiger partial charge in [0.2, 0.25) is 0 Å². The van der Waals surface area contributed by atoms with Gasteiger partial charge in [-0.1, -0.05) is 0 Å². The topological polar surface area (TPSA) is 96.7 Å². The molecule has 2 bridgehead atoms. The number of carbonyl (C=O) groups is 1. The third kappa shape index (κ3) is 3.88. The first-order chi connectivity index (χ1) is 12.0. The maximum absolute atomic E-state index is 12.3. The van der Waals surface area contributed by atoms with Crippen LogP contribution in [-0.2, 0) is 0 Å². The number of nitro groups is 1. The Morgan fingerprint density at radius 1 is 1.40 bits per heavy atom. The van der Waals surface area contributed by atoms with Crippen molar-refractivity contribution in [1.82, 2.24) is 15.5 Å². The van der Waals surface area contributed by atoms with Gasteiger partial charge in [-0.2, -0.15) is 0 Å². The molecule has 3 aliphatic rings. The molecule has 3 saturated heterocycles. The zero-order valence-electron chi connectivity index (χ0n) is 13.9. The van der Waals surface area contributed by atoms with Crippen LogP contribution in [0.1, 0.15) is 23.2 Å². The first-order valence-corrected chi connectivity index (χ1v) is 8.55. The maximum Gasteiger partial charge on any atom is 0.311 e. The summed E-state index contributed by atoms with van der Waals surface area (Å²) in [5.74, 6) is 0.195. The smallest absolute Gasteiger partial charge is 0.311 e. The lowest BCUT2D eigenvalue weighted by molar-refractivity contribution is -0.385. The van der Waals surface area contributed by atoms with E-state index in [4.69, 9.17) is 17.0 Å². The van der Waals surface area contributed by atoms with Gasteiger partial charge in [0.1, 0.15) is 0 Å². The number of benzene rings is 1. The van der Waals surface area contributed by atoms with Crippen molar-refractivity contribution in [2.45, 2.75) is 18.9 Å². The van der Waals surface area contributed by atoms with Gasteiger partial charge in [-0.3, -0.25) is 20.2 Å². The number of methoxy groups -OCH3 is 1. The van der Waals surface area contributed by atoms with Crippen LogP contribution in [0.15, 0.2) is 18.2 Å². The van der Waals surface area contributed by atoms with Crippen LogP contribution in [0.25, 0.3) is 0 Å². The number of rotatable bonds is 4. The van der Waals surface area contributed by atoms with Crippen molar-refractivity contribution in [2.24, 2.45) is 5.92 Å². The Morgan fingerprint density at radius 3 is 2.68 bits per heavy atom. The van der Waals surface area contributed by atoms with Crippen molar-refractivity contribution in [3.05, 3.63) is 33.9 Å². The van der Waals surface area contributed by atoms with Crippen LogP contribution in [0.4, 0.5) is 5.69 Å². The van der Waals surface area contributed by atoms with E-state index in [0.29, 0.717) is 5.92 Å². The highest BCUT2D eigenvalue weighted by Gasteiger charge is 2.34. The quantitative estimate of drug-likeness (QED) is 0.472. The normalized spacial score (nSPS) is 24.4. The lowest BCUT2D eigenvalue weighted by Crippen LogP contribution is -2.59. The number of fused-ring (bicyclic) bond motifs is 3. The van der Waals surface area contributed by atoms with E-state index in [9.17, 15) is 14.9 Å². The number of piperidine rings is 3. The second-order valence-electron chi connectivity index (χ2n) is 6.32. The molecule has 3 fully saturated rings. The first-order valence-electron chi connectivity index (χ1n) is 8.14. The highest BCUT2D eigenvalue weighted by atomic mass is 32.1. The van der Waals surface area contributed by atoms with Gasteiger partial charge in [0.15, 0.2) is 10.9 Å². The Labute approximate surface area is 150 Å². The number of thiocarbonyl (C=S) groups is 1. The van der Waals surface area contributed by atoms with Crippen molar-refractivity contribution in [3.63, 3.8) is 0 Å². The van der Waals surface area contributed by atoms with E-state index < -0.39 is 10.8 Å². The third-order valence-corrected chi connectivity index (χ3v) is 5.06. The molecule has 0 aromatic heterocycles. The molecule has 0 saturated carbocycles. The molecule has 0 spiro atoms. The number of nitrogens with one attached hydrogen (secondary N) is 2. The molecular weight excluding hydrogens is 344 g/mol. The van der Waals surface area contributed by atoms with Crippen LogP contribution < -0.4 is 15.4 Å². The summed E-state index contributed by atoms with van der Waals surface area (Å²) in [5, 5.41) is 17.1. The summed E-state index contributed by atoms with van der Waals surface area (Å²) in [6.45, 7) is 3.17. The van der Waals surface area contributed by atoms with Crippen molar-refractivity contribution in [1.29, 1.82) is 0 Å². The van der Waals surface area contributed by atoms with Crippen LogP contribution in [0.5, 0.6) is 5.75 Å². The molecule has 8 nitrogen and oxygen atoms in total. The van der Waals surface area contributed by atoms with Crippen molar-refractivity contribution in [2.75, 3.05) is 26.7 Å². The Morgan fingerprint density at radius 2 is 2.12 bits per heavy atom. The van der Waals surface area contributed by atoms with Gasteiger partial charge in [0, 0.05) is 24.2 Å². The average molecular weight is 364 g/mol. The van der Waals surface area contributed by atoms with E-state index in [-0.39, 0.29) is 28.2 Å². The number of ether oxygens (including phenoxy) is 1. The Kier molecular flexibility index (Phi) is 5.14. The lowest BCUT2D eigenvalue weighted by Gasteiger charge is -2.45. The van der Waals surface area contributed by atoms with Gasteiger partial charge in [0.25, 0.3) is 5.91 Å². The minimum absolute atomic E-state index is 0.106. The molecule has 1 atom stereocenters. The monoisotopic (exact) mass is 364 g/mol. The molecule has 9 heteroatoms. The van der Waals surface area contributed by atoms with Gasteiger partial charge in [-0.15, -0.1) is 0 Å². The molecule has 25 heavy (non-hydrogen) atoms. The maximum atomic E-state index is 12.3. The van der Waals surface area contributed by atoms with Crippen LogP contribution in [0, 0.1) is 16.0 Å². The van der Waals surface area contributed by atoms with Crippen LogP contribution in [0.3, 0.4) is 0 Å². The van der Waals surface area contributed by atoms with Gasteiger partial charge in [-0.05, 0) is 56.2 Å². The van der Waals surface area contributed by atoms with Crippen molar-refractivity contribution < 1.29 is 14.5 Å². The van der Waals surface area contributed by atoms with Gasteiger partial charge < -0.3 is 15.0 Å². The summed E-state index contributed by atoms with van der Waals surface area (Å²) in [7, 11) is 1.34. The third-order valence-electron chi connectivity index (χ3n) is 4.84. The zero-order chi connectivity index (χ0) is 18.0. The highest BCUT2D eigenvalue weighted by Crippen LogP contribution is 2.28. The Balaban J connectivity index is 1.63. The molecule has 1 aromatic rings. The lowest BCUT2D eigenvalue weighted by atomic mass is 9.84. The molecule has 0 radical (unpaired) electrons. The van der Waals surface area contributed by atoms with Crippen LogP contribution in [0.2, 0.25) is 0 Å².